The molecule has 8 heteroatoms. The standard InChI is InChI=1S/C18H20Cl2N4O2/c1-3-4-9-24-17(20)13(11(2)23-24)7-8-16(25)22-12-5-6-14(18(21)26)15(19)10-12/h5-8,10H,3-4,9H2,1-2H3,(H2,21,26)(H,22,25)/b8-7+. The Bertz CT molecular complexity index is 859. The van der Waals surface area contributed by atoms with Crippen LogP contribution in [0.5, 0.6) is 0 Å². The monoisotopic (exact) mass is 394 g/mol. The van der Waals surface area contributed by atoms with E-state index in [0.717, 1.165) is 25.1 Å². The van der Waals surface area contributed by atoms with E-state index >= 15 is 0 Å². The molecule has 0 saturated heterocycles. The molecule has 0 bridgehead atoms. The van der Waals surface area contributed by atoms with Crippen LogP contribution in [-0.2, 0) is 11.3 Å². The van der Waals surface area contributed by atoms with Crippen LogP contribution in [-0.4, -0.2) is 21.6 Å². The Morgan fingerprint density at radius 1 is 1.35 bits per heavy atom. The van der Waals surface area contributed by atoms with Crippen LogP contribution < -0.4 is 11.1 Å². The molecular formula is C18H20Cl2N4O2. The van der Waals surface area contributed by atoms with Crippen LogP contribution in [0.1, 0.15) is 41.4 Å². The van der Waals surface area contributed by atoms with Gasteiger partial charge in [-0.05, 0) is 37.6 Å². The minimum Gasteiger partial charge on any atom is -0.366 e. The van der Waals surface area contributed by atoms with E-state index in [9.17, 15) is 9.59 Å². The minimum atomic E-state index is -0.627. The minimum absolute atomic E-state index is 0.176. The molecule has 1 aromatic heterocycles. The molecule has 2 aromatic rings. The predicted octanol–water partition coefficient (Wildman–Crippen LogP) is 4.05. The van der Waals surface area contributed by atoms with Gasteiger partial charge in [-0.25, -0.2) is 0 Å². The smallest absolute Gasteiger partial charge is 0.250 e. The summed E-state index contributed by atoms with van der Waals surface area (Å²) in [7, 11) is 0. The first-order valence-electron chi connectivity index (χ1n) is 8.14. The van der Waals surface area contributed by atoms with Crippen molar-refractivity contribution in [1.82, 2.24) is 9.78 Å². The van der Waals surface area contributed by atoms with E-state index in [4.69, 9.17) is 28.9 Å². The normalized spacial score (nSPS) is 11.1. The Hall–Kier alpha value is -2.31. The number of unbranched alkanes of at least 4 members (excludes halogenated alkanes) is 1. The summed E-state index contributed by atoms with van der Waals surface area (Å²) >= 11 is 12.3. The lowest BCUT2D eigenvalue weighted by atomic mass is 10.2. The van der Waals surface area contributed by atoms with Gasteiger partial charge < -0.3 is 11.1 Å². The van der Waals surface area contributed by atoms with E-state index in [1.807, 2.05) is 6.92 Å². The molecule has 0 aliphatic heterocycles. The van der Waals surface area contributed by atoms with Crippen molar-refractivity contribution >= 4 is 46.8 Å². The number of primary amides is 1. The van der Waals surface area contributed by atoms with Crippen LogP contribution in [0.2, 0.25) is 10.2 Å². The number of anilines is 1. The lowest BCUT2D eigenvalue weighted by molar-refractivity contribution is -0.111. The number of amides is 2. The number of nitrogens with zero attached hydrogens (tertiary/aromatic N) is 2. The maximum atomic E-state index is 12.1. The van der Waals surface area contributed by atoms with Crippen LogP contribution in [0.4, 0.5) is 5.69 Å². The first kappa shape index (κ1) is 20.0. The van der Waals surface area contributed by atoms with E-state index in [-0.39, 0.29) is 16.5 Å². The molecule has 6 nitrogen and oxygen atoms in total. The van der Waals surface area contributed by atoms with Gasteiger partial charge in [0.2, 0.25) is 11.8 Å². The highest BCUT2D eigenvalue weighted by Crippen LogP contribution is 2.23. The SMILES string of the molecule is CCCCn1nc(C)c(/C=C/C(=O)Nc2ccc(C(N)=O)c(Cl)c2)c1Cl. The van der Waals surface area contributed by atoms with Crippen molar-refractivity contribution < 1.29 is 9.59 Å². The van der Waals surface area contributed by atoms with Crippen LogP contribution in [0.25, 0.3) is 6.08 Å². The van der Waals surface area contributed by atoms with Crippen LogP contribution >= 0.6 is 23.2 Å². The van der Waals surface area contributed by atoms with Gasteiger partial charge in [0.05, 0.1) is 16.3 Å². The summed E-state index contributed by atoms with van der Waals surface area (Å²) in [6.45, 7) is 4.67. The number of benzene rings is 1. The van der Waals surface area contributed by atoms with Crippen LogP contribution in [0.3, 0.4) is 0 Å². The van der Waals surface area contributed by atoms with E-state index in [2.05, 4.69) is 17.3 Å². The second-order valence-electron chi connectivity index (χ2n) is 5.75. The van der Waals surface area contributed by atoms with Crippen molar-refractivity contribution in [3.8, 4) is 0 Å². The van der Waals surface area contributed by atoms with E-state index in [1.54, 1.807) is 16.8 Å². The van der Waals surface area contributed by atoms with Gasteiger partial charge in [-0.3, -0.25) is 14.3 Å². The Morgan fingerprint density at radius 3 is 2.69 bits per heavy atom. The molecule has 1 heterocycles. The molecule has 0 radical (unpaired) electrons. The molecule has 0 atom stereocenters. The van der Waals surface area contributed by atoms with Crippen molar-refractivity contribution in [2.75, 3.05) is 5.32 Å². The van der Waals surface area contributed by atoms with Crippen LogP contribution in [0, 0.1) is 6.92 Å². The van der Waals surface area contributed by atoms with E-state index in [1.165, 1.54) is 18.2 Å². The summed E-state index contributed by atoms with van der Waals surface area (Å²) in [5.74, 6) is -0.984. The topological polar surface area (TPSA) is 90.0 Å². The number of aromatic nitrogens is 2. The molecule has 3 N–H and O–H groups in total. The summed E-state index contributed by atoms with van der Waals surface area (Å²) in [6.07, 6.45) is 5.02. The Morgan fingerprint density at radius 2 is 2.08 bits per heavy atom. The molecule has 0 unspecified atom stereocenters. The third-order valence-corrected chi connectivity index (χ3v) is 4.45. The van der Waals surface area contributed by atoms with Crippen molar-refractivity contribution in [3.63, 3.8) is 0 Å². The largest absolute Gasteiger partial charge is 0.366 e. The van der Waals surface area contributed by atoms with Crippen molar-refractivity contribution in [3.05, 3.63) is 51.3 Å². The van der Waals surface area contributed by atoms with Gasteiger partial charge in [-0.15, -0.1) is 0 Å². The zero-order valence-corrected chi connectivity index (χ0v) is 16.1. The predicted molar refractivity (Wildman–Crippen MR) is 105 cm³/mol. The molecule has 0 aliphatic rings. The highest BCUT2D eigenvalue weighted by molar-refractivity contribution is 6.34. The lowest BCUT2D eigenvalue weighted by Crippen LogP contribution is -2.12. The summed E-state index contributed by atoms with van der Waals surface area (Å²) < 4.78 is 1.74. The molecule has 2 rings (SSSR count). The quantitative estimate of drug-likeness (QED) is 0.693. The van der Waals surface area contributed by atoms with Gasteiger partial charge in [0.1, 0.15) is 5.15 Å². The fourth-order valence-corrected chi connectivity index (χ4v) is 2.94. The third kappa shape index (κ3) is 4.86. The summed E-state index contributed by atoms with van der Waals surface area (Å²) in [4.78, 5) is 23.3. The number of halogens is 2. The highest BCUT2D eigenvalue weighted by atomic mass is 35.5. The zero-order chi connectivity index (χ0) is 19.3. The lowest BCUT2D eigenvalue weighted by Gasteiger charge is -2.05. The zero-order valence-electron chi connectivity index (χ0n) is 14.6. The van der Waals surface area contributed by atoms with Crippen molar-refractivity contribution in [1.29, 1.82) is 0 Å². The van der Waals surface area contributed by atoms with Crippen molar-refractivity contribution in [2.24, 2.45) is 5.73 Å². The second-order valence-corrected chi connectivity index (χ2v) is 6.51. The maximum absolute atomic E-state index is 12.1. The number of carbonyl (C=O) groups excluding carboxylic acids is 2. The molecule has 0 aliphatic carbocycles. The number of nitrogens with one attached hydrogen (secondary N) is 1. The number of hydrogen-bond donors (Lipinski definition) is 2. The molecule has 2 amide bonds. The molecule has 138 valence electrons. The number of rotatable bonds is 7. The number of carbonyl (C=O) groups is 2. The average molecular weight is 395 g/mol. The summed E-state index contributed by atoms with van der Waals surface area (Å²) in [5.41, 5.74) is 7.31. The van der Waals surface area contributed by atoms with Crippen molar-refractivity contribution in [2.45, 2.75) is 33.2 Å². The molecule has 1 aromatic carbocycles. The van der Waals surface area contributed by atoms with Gasteiger partial charge in [0.15, 0.2) is 0 Å². The molecule has 26 heavy (non-hydrogen) atoms. The van der Waals surface area contributed by atoms with Gasteiger partial charge >= 0.3 is 0 Å². The summed E-state index contributed by atoms with van der Waals surface area (Å²) in [5, 5.41) is 7.74. The van der Waals surface area contributed by atoms with E-state index in [0.29, 0.717) is 16.4 Å². The number of nitrogens with two attached hydrogens (primary N) is 1. The molecular weight excluding hydrogens is 375 g/mol. The fourth-order valence-electron chi connectivity index (χ4n) is 2.35. The van der Waals surface area contributed by atoms with E-state index < -0.39 is 5.91 Å². The van der Waals surface area contributed by atoms with Crippen LogP contribution in [0.15, 0.2) is 24.3 Å². The second kappa shape index (κ2) is 8.87. The number of hydrogen-bond acceptors (Lipinski definition) is 3. The van der Waals surface area contributed by atoms with Gasteiger partial charge in [0, 0.05) is 23.9 Å². The van der Waals surface area contributed by atoms with Gasteiger partial charge in [-0.1, -0.05) is 36.5 Å². The number of aryl methyl sites for hydroxylation is 2. The Labute approximate surface area is 162 Å². The highest BCUT2D eigenvalue weighted by Gasteiger charge is 2.11. The third-order valence-electron chi connectivity index (χ3n) is 3.74. The van der Waals surface area contributed by atoms with Gasteiger partial charge in [0.25, 0.3) is 0 Å². The average Bonchev–Trinajstić information content (AvgIpc) is 2.84. The molecule has 0 spiro atoms. The first-order chi connectivity index (χ1) is 12.3. The molecule has 0 saturated carbocycles. The summed E-state index contributed by atoms with van der Waals surface area (Å²) in [6, 6.07) is 4.48. The van der Waals surface area contributed by atoms with Gasteiger partial charge in [-0.2, -0.15) is 5.10 Å². The Kier molecular flexibility index (Phi) is 6.83. The first-order valence-corrected chi connectivity index (χ1v) is 8.90. The fraction of sp³-hybridized carbons (Fsp3) is 0.278. The maximum Gasteiger partial charge on any atom is 0.250 e. The Balaban J connectivity index is 2.09. The molecule has 0 fully saturated rings.